The van der Waals surface area contributed by atoms with Crippen LogP contribution >= 0.6 is 11.8 Å². The van der Waals surface area contributed by atoms with Gasteiger partial charge in [-0.2, -0.15) is 0 Å². The van der Waals surface area contributed by atoms with E-state index in [1.165, 1.54) is 23.9 Å². The van der Waals surface area contributed by atoms with Gasteiger partial charge in [-0.05, 0) is 23.8 Å². The topological polar surface area (TPSA) is 72.7 Å². The van der Waals surface area contributed by atoms with Crippen LogP contribution in [0.4, 0.5) is 10.1 Å². The molecule has 0 aromatic heterocycles. The molecule has 0 saturated carbocycles. The first-order valence-corrected chi connectivity index (χ1v) is 9.06. The van der Waals surface area contributed by atoms with Crippen molar-refractivity contribution in [3.05, 3.63) is 69.5 Å². The molecule has 2 aromatic rings. The summed E-state index contributed by atoms with van der Waals surface area (Å²) in [5, 5.41) is 11.4. The highest BCUT2D eigenvalue weighted by Gasteiger charge is 2.23. The lowest BCUT2D eigenvalue weighted by Gasteiger charge is -2.26. The van der Waals surface area contributed by atoms with Gasteiger partial charge in [0.2, 0.25) is 0 Å². The Balaban J connectivity index is 1.79. The molecule has 0 spiro atoms. The van der Waals surface area contributed by atoms with Crippen molar-refractivity contribution in [2.45, 2.75) is 10.6 Å². The van der Waals surface area contributed by atoms with Crippen molar-refractivity contribution in [2.24, 2.45) is 0 Å². The second kappa shape index (κ2) is 8.29. The van der Waals surface area contributed by atoms with Crippen LogP contribution in [0.3, 0.4) is 0 Å². The molecule has 1 saturated heterocycles. The molecule has 0 atom stereocenters. The largest absolute Gasteiger partial charge is 0.378 e. The number of nitro groups is 1. The van der Waals surface area contributed by atoms with E-state index in [1.54, 1.807) is 35.2 Å². The maximum absolute atomic E-state index is 13.7. The number of hydrogen-bond donors (Lipinski definition) is 0. The number of nitrogens with zero attached hydrogens (tertiary/aromatic N) is 2. The maximum Gasteiger partial charge on any atom is 0.283 e. The summed E-state index contributed by atoms with van der Waals surface area (Å²) in [5.74, 6) is -0.326. The smallest absolute Gasteiger partial charge is 0.283 e. The van der Waals surface area contributed by atoms with E-state index in [0.717, 1.165) is 0 Å². The van der Waals surface area contributed by atoms with Crippen LogP contribution in [-0.2, 0) is 10.5 Å². The van der Waals surface area contributed by atoms with Gasteiger partial charge >= 0.3 is 0 Å². The summed E-state index contributed by atoms with van der Waals surface area (Å²) in [6.45, 7) is 1.86. The fourth-order valence-electron chi connectivity index (χ4n) is 2.64. The third-order valence-corrected chi connectivity index (χ3v) is 5.15. The zero-order valence-electron chi connectivity index (χ0n) is 13.9. The quantitative estimate of drug-likeness (QED) is 0.454. The molecule has 1 aliphatic rings. The van der Waals surface area contributed by atoms with Crippen LogP contribution in [-0.4, -0.2) is 42.0 Å². The third-order valence-electron chi connectivity index (χ3n) is 4.04. The first-order chi connectivity index (χ1) is 12.6. The zero-order chi connectivity index (χ0) is 18.5. The van der Waals surface area contributed by atoms with E-state index >= 15 is 0 Å². The van der Waals surface area contributed by atoms with Crippen molar-refractivity contribution in [3.8, 4) is 0 Å². The molecule has 0 N–H and O–H groups in total. The van der Waals surface area contributed by atoms with E-state index in [1.807, 2.05) is 0 Å². The van der Waals surface area contributed by atoms with Crippen molar-refractivity contribution < 1.29 is 18.8 Å². The summed E-state index contributed by atoms with van der Waals surface area (Å²) in [5.41, 5.74) is 0.597. The lowest BCUT2D eigenvalue weighted by atomic mass is 10.1. The standard InChI is InChI=1S/C18H17FN2O4S/c19-15-4-2-1-3-14(15)12-26-17-6-5-13(11-16(17)21(23)24)18(22)20-7-9-25-10-8-20/h1-6,11H,7-10,12H2. The number of halogens is 1. The van der Waals surface area contributed by atoms with E-state index in [-0.39, 0.29) is 28.7 Å². The summed E-state index contributed by atoms with van der Waals surface area (Å²) in [6, 6.07) is 10.7. The van der Waals surface area contributed by atoms with Gasteiger partial charge in [0.15, 0.2) is 0 Å². The highest BCUT2D eigenvalue weighted by molar-refractivity contribution is 7.98. The Morgan fingerprint density at radius 3 is 2.65 bits per heavy atom. The van der Waals surface area contributed by atoms with E-state index in [4.69, 9.17) is 4.74 Å². The minimum absolute atomic E-state index is 0.148. The van der Waals surface area contributed by atoms with Gasteiger partial charge < -0.3 is 9.64 Å². The molecule has 136 valence electrons. The van der Waals surface area contributed by atoms with Crippen molar-refractivity contribution in [2.75, 3.05) is 26.3 Å². The molecule has 1 heterocycles. The lowest BCUT2D eigenvalue weighted by molar-refractivity contribution is -0.387. The fraction of sp³-hybridized carbons (Fsp3) is 0.278. The van der Waals surface area contributed by atoms with Gasteiger partial charge in [-0.15, -0.1) is 11.8 Å². The Labute approximate surface area is 154 Å². The number of thioether (sulfide) groups is 1. The van der Waals surface area contributed by atoms with Gasteiger partial charge in [-0.1, -0.05) is 18.2 Å². The second-order valence-corrected chi connectivity index (χ2v) is 6.74. The van der Waals surface area contributed by atoms with Crippen molar-refractivity contribution in [3.63, 3.8) is 0 Å². The number of carbonyl (C=O) groups excluding carboxylic acids is 1. The number of carbonyl (C=O) groups is 1. The Morgan fingerprint density at radius 2 is 1.96 bits per heavy atom. The van der Waals surface area contributed by atoms with Crippen LogP contribution in [0, 0.1) is 15.9 Å². The molecule has 1 aliphatic heterocycles. The summed E-state index contributed by atoms with van der Waals surface area (Å²) in [7, 11) is 0. The van der Waals surface area contributed by atoms with Gasteiger partial charge in [-0.25, -0.2) is 4.39 Å². The molecule has 8 heteroatoms. The molecule has 3 rings (SSSR count). The molecule has 0 radical (unpaired) electrons. The number of amides is 1. The lowest BCUT2D eigenvalue weighted by Crippen LogP contribution is -2.40. The van der Waals surface area contributed by atoms with Gasteiger partial charge in [-0.3, -0.25) is 14.9 Å². The average molecular weight is 376 g/mol. The molecular weight excluding hydrogens is 359 g/mol. The first kappa shape index (κ1) is 18.3. The first-order valence-electron chi connectivity index (χ1n) is 8.08. The second-order valence-electron chi connectivity index (χ2n) is 5.72. The summed E-state index contributed by atoms with van der Waals surface area (Å²) >= 11 is 1.17. The molecule has 6 nitrogen and oxygen atoms in total. The Bertz CT molecular complexity index is 825. The number of rotatable bonds is 5. The normalized spacial score (nSPS) is 14.3. The third kappa shape index (κ3) is 4.20. The van der Waals surface area contributed by atoms with Gasteiger partial charge in [0.1, 0.15) is 5.82 Å². The molecule has 1 fully saturated rings. The monoisotopic (exact) mass is 376 g/mol. The van der Waals surface area contributed by atoms with Crippen LogP contribution in [0.5, 0.6) is 0 Å². The van der Waals surface area contributed by atoms with Crippen molar-refractivity contribution in [1.29, 1.82) is 0 Å². The highest BCUT2D eigenvalue weighted by atomic mass is 32.2. The van der Waals surface area contributed by atoms with Crippen LogP contribution in [0.25, 0.3) is 0 Å². The molecule has 26 heavy (non-hydrogen) atoms. The predicted molar refractivity (Wildman–Crippen MR) is 95.8 cm³/mol. The number of benzene rings is 2. The average Bonchev–Trinajstić information content (AvgIpc) is 2.67. The van der Waals surface area contributed by atoms with Crippen LogP contribution in [0.15, 0.2) is 47.4 Å². The summed E-state index contributed by atoms with van der Waals surface area (Å²) in [6.07, 6.45) is 0. The molecule has 1 amide bonds. The Hall–Kier alpha value is -2.45. The zero-order valence-corrected chi connectivity index (χ0v) is 14.7. The highest BCUT2D eigenvalue weighted by Crippen LogP contribution is 2.33. The minimum Gasteiger partial charge on any atom is -0.378 e. The minimum atomic E-state index is -0.514. The Morgan fingerprint density at radius 1 is 1.23 bits per heavy atom. The SMILES string of the molecule is O=C(c1ccc(SCc2ccccc2F)c([N+](=O)[O-])c1)N1CCOCC1. The number of hydrogen-bond acceptors (Lipinski definition) is 5. The molecule has 0 bridgehead atoms. The van der Waals surface area contributed by atoms with E-state index < -0.39 is 4.92 Å². The maximum atomic E-state index is 13.7. The molecular formula is C18H17FN2O4S. The van der Waals surface area contributed by atoms with Crippen molar-refractivity contribution in [1.82, 2.24) is 4.90 Å². The van der Waals surface area contributed by atoms with Gasteiger partial charge in [0, 0.05) is 30.5 Å². The summed E-state index contributed by atoms with van der Waals surface area (Å²) < 4.78 is 18.9. The van der Waals surface area contributed by atoms with Gasteiger partial charge in [0.05, 0.1) is 23.0 Å². The summed E-state index contributed by atoms with van der Waals surface area (Å²) in [4.78, 5) is 25.4. The number of ether oxygens (including phenoxy) is 1. The van der Waals surface area contributed by atoms with Crippen molar-refractivity contribution >= 4 is 23.4 Å². The van der Waals surface area contributed by atoms with E-state index in [0.29, 0.717) is 36.8 Å². The fourth-order valence-corrected chi connectivity index (χ4v) is 3.63. The van der Waals surface area contributed by atoms with Crippen LogP contribution in [0.2, 0.25) is 0 Å². The molecule has 0 unspecified atom stereocenters. The predicted octanol–water partition coefficient (Wildman–Crippen LogP) is 3.50. The number of nitro benzene ring substituents is 1. The van der Waals surface area contributed by atoms with E-state index in [9.17, 15) is 19.3 Å². The van der Waals surface area contributed by atoms with Crippen LogP contribution < -0.4 is 0 Å². The Kier molecular flexibility index (Phi) is 5.85. The molecule has 2 aromatic carbocycles. The van der Waals surface area contributed by atoms with Gasteiger partial charge in [0.25, 0.3) is 11.6 Å². The number of morpholine rings is 1. The molecule has 0 aliphatic carbocycles. The van der Waals surface area contributed by atoms with Crippen LogP contribution in [0.1, 0.15) is 15.9 Å². The van der Waals surface area contributed by atoms with E-state index in [2.05, 4.69) is 0 Å².